The largest absolute Gasteiger partial charge is 0.496 e. The van der Waals surface area contributed by atoms with Gasteiger partial charge in [-0.3, -0.25) is 4.79 Å². The van der Waals surface area contributed by atoms with Crippen LogP contribution in [-0.2, 0) is 14.6 Å². The Labute approximate surface area is 134 Å². The lowest BCUT2D eigenvalue weighted by molar-refractivity contribution is 0.0920. The van der Waals surface area contributed by atoms with E-state index in [-0.39, 0.29) is 42.0 Å². The van der Waals surface area contributed by atoms with Gasteiger partial charge in [-0.15, -0.1) is 0 Å². The number of carbonyl (C=O) groups excluding carboxylic acids is 1. The summed E-state index contributed by atoms with van der Waals surface area (Å²) in [6.45, 7) is 0.520. The lowest BCUT2D eigenvalue weighted by atomic mass is 10.1. The molecule has 124 valence electrons. The summed E-state index contributed by atoms with van der Waals surface area (Å²) in [4.78, 5) is 12.0. The SMILES string of the molecule is COc1cc(N)c(Cl)cc1C(=O)NCCOCCS(C)(=O)=O. The second-order valence-corrected chi connectivity index (χ2v) is 7.24. The van der Waals surface area contributed by atoms with Crippen molar-refractivity contribution < 1.29 is 22.7 Å². The maximum Gasteiger partial charge on any atom is 0.255 e. The highest BCUT2D eigenvalue weighted by Crippen LogP contribution is 2.28. The maximum atomic E-state index is 12.0. The Morgan fingerprint density at radius 1 is 1.36 bits per heavy atom. The van der Waals surface area contributed by atoms with Crippen LogP contribution in [0.2, 0.25) is 5.02 Å². The first-order chi connectivity index (χ1) is 10.2. The Morgan fingerprint density at radius 3 is 2.64 bits per heavy atom. The molecule has 0 unspecified atom stereocenters. The molecule has 1 aromatic rings. The molecule has 0 fully saturated rings. The summed E-state index contributed by atoms with van der Waals surface area (Å²) < 4.78 is 32.0. The minimum Gasteiger partial charge on any atom is -0.496 e. The van der Waals surface area contributed by atoms with Crippen LogP contribution in [-0.4, -0.2) is 53.2 Å². The number of carbonyl (C=O) groups is 1. The molecule has 0 aromatic heterocycles. The van der Waals surface area contributed by atoms with Gasteiger partial charge in [-0.1, -0.05) is 11.6 Å². The van der Waals surface area contributed by atoms with Crippen LogP contribution in [0.15, 0.2) is 12.1 Å². The normalized spacial score (nSPS) is 11.2. The fourth-order valence-electron chi connectivity index (χ4n) is 1.56. The first-order valence-corrected chi connectivity index (χ1v) is 8.85. The topological polar surface area (TPSA) is 108 Å². The van der Waals surface area contributed by atoms with E-state index >= 15 is 0 Å². The van der Waals surface area contributed by atoms with Gasteiger partial charge >= 0.3 is 0 Å². The summed E-state index contributed by atoms with van der Waals surface area (Å²) in [6, 6.07) is 2.90. The van der Waals surface area contributed by atoms with Crippen LogP contribution in [0.1, 0.15) is 10.4 Å². The standard InChI is InChI=1S/C13H19ClN2O5S/c1-20-12-8-11(15)10(14)7-9(12)13(17)16-3-4-21-5-6-22(2,18)19/h7-8H,3-6,15H2,1-2H3,(H,16,17). The lowest BCUT2D eigenvalue weighted by Gasteiger charge is -2.11. The zero-order valence-corrected chi connectivity index (χ0v) is 14.0. The number of sulfone groups is 1. The number of hydrogen-bond donors (Lipinski definition) is 2. The van der Waals surface area contributed by atoms with E-state index in [0.29, 0.717) is 11.4 Å². The zero-order chi connectivity index (χ0) is 16.8. The van der Waals surface area contributed by atoms with Gasteiger partial charge in [0.15, 0.2) is 0 Å². The van der Waals surface area contributed by atoms with Crippen LogP contribution in [0.4, 0.5) is 5.69 Å². The first kappa shape index (κ1) is 18.5. The molecule has 0 aliphatic carbocycles. The molecular formula is C13H19ClN2O5S. The van der Waals surface area contributed by atoms with Crippen molar-refractivity contribution in [3.05, 3.63) is 22.7 Å². The maximum absolute atomic E-state index is 12.0. The molecule has 22 heavy (non-hydrogen) atoms. The quantitative estimate of drug-likeness (QED) is 0.528. The van der Waals surface area contributed by atoms with Crippen molar-refractivity contribution in [3.8, 4) is 5.75 Å². The number of nitrogen functional groups attached to an aromatic ring is 1. The molecule has 1 rings (SSSR count). The van der Waals surface area contributed by atoms with Gasteiger partial charge in [0.2, 0.25) is 0 Å². The molecule has 1 aromatic carbocycles. The van der Waals surface area contributed by atoms with Crippen molar-refractivity contribution in [1.82, 2.24) is 5.32 Å². The van der Waals surface area contributed by atoms with E-state index in [0.717, 1.165) is 6.26 Å². The van der Waals surface area contributed by atoms with E-state index in [4.69, 9.17) is 26.8 Å². The van der Waals surface area contributed by atoms with Crippen molar-refractivity contribution in [2.45, 2.75) is 0 Å². The fraction of sp³-hybridized carbons (Fsp3) is 0.462. The van der Waals surface area contributed by atoms with Crippen LogP contribution in [0, 0.1) is 0 Å². The molecule has 0 bridgehead atoms. The van der Waals surface area contributed by atoms with Crippen LogP contribution in [0.5, 0.6) is 5.75 Å². The summed E-state index contributed by atoms with van der Waals surface area (Å²) in [7, 11) is -1.62. The minimum atomic E-state index is -3.04. The monoisotopic (exact) mass is 350 g/mol. The van der Waals surface area contributed by atoms with Crippen molar-refractivity contribution in [2.75, 3.05) is 44.6 Å². The molecule has 7 nitrogen and oxygen atoms in total. The van der Waals surface area contributed by atoms with Gasteiger partial charge in [-0.25, -0.2) is 8.42 Å². The summed E-state index contributed by atoms with van der Waals surface area (Å²) >= 11 is 5.89. The highest BCUT2D eigenvalue weighted by Gasteiger charge is 2.14. The van der Waals surface area contributed by atoms with Crippen molar-refractivity contribution >= 4 is 33.0 Å². The number of hydrogen-bond acceptors (Lipinski definition) is 6. The van der Waals surface area contributed by atoms with Crippen LogP contribution >= 0.6 is 11.6 Å². The summed E-state index contributed by atoms with van der Waals surface area (Å²) in [5.41, 5.74) is 6.22. The Bertz CT molecular complexity index is 634. The van der Waals surface area contributed by atoms with Gasteiger partial charge in [0.1, 0.15) is 15.6 Å². The smallest absolute Gasteiger partial charge is 0.255 e. The molecule has 0 atom stereocenters. The van der Waals surface area contributed by atoms with E-state index in [1.807, 2.05) is 0 Å². The number of ether oxygens (including phenoxy) is 2. The number of halogens is 1. The van der Waals surface area contributed by atoms with Gasteiger partial charge in [-0.2, -0.15) is 0 Å². The summed E-state index contributed by atoms with van der Waals surface area (Å²) in [5, 5.41) is 2.88. The molecule has 0 saturated carbocycles. The third-order valence-electron chi connectivity index (χ3n) is 2.69. The van der Waals surface area contributed by atoms with E-state index in [9.17, 15) is 13.2 Å². The predicted octanol–water partition coefficient (Wildman–Crippen LogP) is 0.722. The van der Waals surface area contributed by atoms with Gasteiger partial charge in [0, 0.05) is 18.9 Å². The highest BCUT2D eigenvalue weighted by atomic mass is 35.5. The van der Waals surface area contributed by atoms with E-state index in [1.165, 1.54) is 19.2 Å². The average molecular weight is 351 g/mol. The molecular weight excluding hydrogens is 332 g/mol. The van der Waals surface area contributed by atoms with Gasteiger partial charge < -0.3 is 20.5 Å². The number of rotatable bonds is 8. The summed E-state index contributed by atoms with van der Waals surface area (Å²) in [5.74, 6) is -0.120. The Kier molecular flexibility index (Phi) is 6.92. The van der Waals surface area contributed by atoms with Crippen molar-refractivity contribution in [1.29, 1.82) is 0 Å². The average Bonchev–Trinajstić information content (AvgIpc) is 2.43. The van der Waals surface area contributed by atoms with Crippen molar-refractivity contribution in [3.63, 3.8) is 0 Å². The molecule has 3 N–H and O–H groups in total. The Balaban J connectivity index is 2.48. The molecule has 0 aliphatic rings. The molecule has 0 radical (unpaired) electrons. The van der Waals surface area contributed by atoms with E-state index in [1.54, 1.807) is 0 Å². The zero-order valence-electron chi connectivity index (χ0n) is 12.4. The number of benzene rings is 1. The van der Waals surface area contributed by atoms with E-state index in [2.05, 4.69) is 5.32 Å². The van der Waals surface area contributed by atoms with Crippen LogP contribution in [0.3, 0.4) is 0 Å². The Morgan fingerprint density at radius 2 is 2.05 bits per heavy atom. The number of nitrogens with one attached hydrogen (secondary N) is 1. The minimum absolute atomic E-state index is 0.0532. The third kappa shape index (κ3) is 6.08. The van der Waals surface area contributed by atoms with Crippen LogP contribution in [0.25, 0.3) is 0 Å². The van der Waals surface area contributed by atoms with E-state index < -0.39 is 9.84 Å². The van der Waals surface area contributed by atoms with Gasteiger partial charge in [-0.05, 0) is 6.07 Å². The van der Waals surface area contributed by atoms with Crippen LogP contribution < -0.4 is 15.8 Å². The molecule has 1 amide bonds. The predicted molar refractivity (Wildman–Crippen MR) is 85.3 cm³/mol. The molecule has 0 spiro atoms. The fourth-order valence-corrected chi connectivity index (χ4v) is 2.14. The molecule has 9 heteroatoms. The van der Waals surface area contributed by atoms with Gasteiger partial charge in [0.25, 0.3) is 5.91 Å². The highest BCUT2D eigenvalue weighted by molar-refractivity contribution is 7.90. The second-order valence-electron chi connectivity index (χ2n) is 4.57. The lowest BCUT2D eigenvalue weighted by Crippen LogP contribution is -2.28. The Hall–Kier alpha value is -1.51. The summed E-state index contributed by atoms with van der Waals surface area (Å²) in [6.07, 6.45) is 1.13. The third-order valence-corrected chi connectivity index (χ3v) is 3.93. The first-order valence-electron chi connectivity index (χ1n) is 6.41. The molecule has 0 heterocycles. The molecule has 0 saturated heterocycles. The number of amides is 1. The number of methoxy groups -OCH3 is 1. The number of anilines is 1. The van der Waals surface area contributed by atoms with Crippen molar-refractivity contribution in [2.24, 2.45) is 0 Å². The second kappa shape index (κ2) is 8.21. The van der Waals surface area contributed by atoms with Gasteiger partial charge in [0.05, 0.1) is 42.3 Å². The molecule has 0 aliphatic heterocycles. The number of nitrogens with two attached hydrogens (primary N) is 1.